The molecule has 1 heterocycles. The first-order valence-corrected chi connectivity index (χ1v) is 8.18. The van der Waals surface area contributed by atoms with E-state index in [4.69, 9.17) is 9.47 Å². The number of aryl methyl sites for hydroxylation is 1. The highest BCUT2D eigenvalue weighted by Crippen LogP contribution is 2.38. The van der Waals surface area contributed by atoms with Gasteiger partial charge in [-0.1, -0.05) is 18.9 Å². The zero-order valence-electron chi connectivity index (χ0n) is 13.2. The van der Waals surface area contributed by atoms with Crippen LogP contribution in [0.25, 0.3) is 0 Å². The highest BCUT2D eigenvalue weighted by atomic mass is 19.4. The molecule has 0 spiro atoms. The van der Waals surface area contributed by atoms with Gasteiger partial charge < -0.3 is 14.8 Å². The molecule has 0 saturated heterocycles. The van der Waals surface area contributed by atoms with Crippen LogP contribution in [0, 0.1) is 5.92 Å². The third-order valence-electron chi connectivity index (χ3n) is 4.61. The molecule has 0 radical (unpaired) electrons. The molecule has 0 bridgehead atoms. The van der Waals surface area contributed by atoms with Crippen LogP contribution in [0.5, 0.6) is 11.5 Å². The second-order valence-corrected chi connectivity index (χ2v) is 6.29. The Morgan fingerprint density at radius 1 is 1.17 bits per heavy atom. The normalized spacial score (nSPS) is 23.1. The molecule has 3 rings (SSSR count). The van der Waals surface area contributed by atoms with E-state index in [1.54, 1.807) is 12.1 Å². The third-order valence-corrected chi connectivity index (χ3v) is 4.61. The summed E-state index contributed by atoms with van der Waals surface area (Å²) in [4.78, 5) is 12.1. The van der Waals surface area contributed by atoms with E-state index in [9.17, 15) is 18.0 Å². The lowest BCUT2D eigenvalue weighted by atomic mass is 9.84. The van der Waals surface area contributed by atoms with Gasteiger partial charge in [0.1, 0.15) is 0 Å². The molecule has 1 N–H and O–H groups in total. The van der Waals surface area contributed by atoms with Crippen molar-refractivity contribution in [1.29, 1.82) is 0 Å². The molecule has 4 nitrogen and oxygen atoms in total. The Morgan fingerprint density at radius 3 is 2.71 bits per heavy atom. The smallest absolute Gasteiger partial charge is 0.393 e. The summed E-state index contributed by atoms with van der Waals surface area (Å²) < 4.78 is 49.6. The molecule has 7 heteroatoms. The van der Waals surface area contributed by atoms with Crippen LogP contribution < -0.4 is 14.8 Å². The predicted molar refractivity (Wildman–Crippen MR) is 80.8 cm³/mol. The quantitative estimate of drug-likeness (QED) is 0.909. The van der Waals surface area contributed by atoms with Gasteiger partial charge in [-0.25, -0.2) is 0 Å². The molecule has 24 heavy (non-hydrogen) atoms. The summed E-state index contributed by atoms with van der Waals surface area (Å²) in [6.45, 7) is 0.180. The standard InChI is InChI=1S/C17H20F3NO3/c18-17(19,20)12-3-1-2-4-13(12)21-16(22)8-6-11-5-7-14-15(9-11)24-10-23-14/h5,7,9,12-13H,1-4,6,8,10H2,(H,21,22). The first-order valence-electron chi connectivity index (χ1n) is 8.18. The van der Waals surface area contributed by atoms with Gasteiger partial charge in [-0.3, -0.25) is 4.79 Å². The molecule has 1 aliphatic heterocycles. The first-order chi connectivity index (χ1) is 11.4. The van der Waals surface area contributed by atoms with Crippen LogP contribution >= 0.6 is 0 Å². The molecule has 1 saturated carbocycles. The van der Waals surface area contributed by atoms with Crippen molar-refractivity contribution >= 4 is 5.91 Å². The fourth-order valence-corrected chi connectivity index (χ4v) is 3.33. The Hall–Kier alpha value is -1.92. The average Bonchev–Trinajstić information content (AvgIpc) is 3.00. The number of amides is 1. The highest BCUT2D eigenvalue weighted by molar-refractivity contribution is 5.76. The van der Waals surface area contributed by atoms with Crippen molar-refractivity contribution < 1.29 is 27.4 Å². The van der Waals surface area contributed by atoms with Crippen LogP contribution in [0.1, 0.15) is 37.7 Å². The largest absolute Gasteiger partial charge is 0.454 e. The van der Waals surface area contributed by atoms with Gasteiger partial charge in [-0.15, -0.1) is 0 Å². The van der Waals surface area contributed by atoms with Crippen molar-refractivity contribution in [3.8, 4) is 11.5 Å². The molecule has 1 fully saturated rings. The van der Waals surface area contributed by atoms with E-state index in [0.29, 0.717) is 30.8 Å². The van der Waals surface area contributed by atoms with E-state index in [2.05, 4.69) is 5.32 Å². The number of nitrogens with one attached hydrogen (secondary N) is 1. The summed E-state index contributed by atoms with van der Waals surface area (Å²) in [6.07, 6.45) is -1.88. The minimum atomic E-state index is -4.25. The number of halogens is 3. The molecule has 1 amide bonds. The van der Waals surface area contributed by atoms with Crippen molar-refractivity contribution in [3.63, 3.8) is 0 Å². The van der Waals surface area contributed by atoms with Crippen molar-refractivity contribution in [2.45, 2.75) is 50.7 Å². The highest BCUT2D eigenvalue weighted by Gasteiger charge is 2.45. The first kappa shape index (κ1) is 16.9. The molecule has 2 aliphatic rings. The molecular weight excluding hydrogens is 323 g/mol. The van der Waals surface area contributed by atoms with Crippen molar-refractivity contribution in [3.05, 3.63) is 23.8 Å². The van der Waals surface area contributed by atoms with E-state index in [1.807, 2.05) is 6.07 Å². The van der Waals surface area contributed by atoms with Gasteiger partial charge in [0, 0.05) is 12.5 Å². The van der Waals surface area contributed by atoms with E-state index in [1.165, 1.54) is 0 Å². The van der Waals surface area contributed by atoms with Crippen LogP contribution in [0.15, 0.2) is 18.2 Å². The van der Waals surface area contributed by atoms with Gasteiger partial charge in [-0.2, -0.15) is 13.2 Å². The Morgan fingerprint density at radius 2 is 1.92 bits per heavy atom. The molecule has 132 valence electrons. The minimum absolute atomic E-state index is 0.0939. The Balaban J connectivity index is 1.53. The van der Waals surface area contributed by atoms with Crippen molar-refractivity contribution in [2.75, 3.05) is 6.79 Å². The number of benzene rings is 1. The number of rotatable bonds is 4. The SMILES string of the molecule is O=C(CCc1ccc2c(c1)OCO2)NC1CCCCC1C(F)(F)F. The minimum Gasteiger partial charge on any atom is -0.454 e. The zero-order chi connectivity index (χ0) is 17.2. The second kappa shape index (κ2) is 6.91. The van der Waals surface area contributed by atoms with Crippen molar-refractivity contribution in [1.82, 2.24) is 5.32 Å². The maximum Gasteiger partial charge on any atom is 0.393 e. The van der Waals surface area contributed by atoms with Gasteiger partial charge in [0.05, 0.1) is 5.92 Å². The van der Waals surface area contributed by atoms with E-state index in [0.717, 1.165) is 12.0 Å². The molecule has 2 unspecified atom stereocenters. The van der Waals surface area contributed by atoms with Crippen molar-refractivity contribution in [2.24, 2.45) is 5.92 Å². The molecule has 2 atom stereocenters. The van der Waals surface area contributed by atoms with Crippen LogP contribution in [-0.2, 0) is 11.2 Å². The molecular formula is C17H20F3NO3. The number of carbonyl (C=O) groups is 1. The van der Waals surface area contributed by atoms with E-state index in [-0.39, 0.29) is 25.5 Å². The van der Waals surface area contributed by atoms with Crippen LogP contribution in [0.4, 0.5) is 13.2 Å². The van der Waals surface area contributed by atoms with E-state index >= 15 is 0 Å². The summed E-state index contributed by atoms with van der Waals surface area (Å²) in [6, 6.07) is 4.61. The number of hydrogen-bond donors (Lipinski definition) is 1. The summed E-state index contributed by atoms with van der Waals surface area (Å²) in [5.74, 6) is -0.467. The topological polar surface area (TPSA) is 47.6 Å². The average molecular weight is 343 g/mol. The summed E-state index contributed by atoms with van der Waals surface area (Å²) in [5.41, 5.74) is 0.894. The third kappa shape index (κ3) is 3.94. The van der Waals surface area contributed by atoms with Gasteiger partial charge in [-0.05, 0) is 37.0 Å². The molecule has 1 aromatic rings. The predicted octanol–water partition coefficient (Wildman–Crippen LogP) is 3.59. The van der Waals surface area contributed by atoms with Gasteiger partial charge in [0.25, 0.3) is 0 Å². The number of hydrogen-bond acceptors (Lipinski definition) is 3. The summed E-state index contributed by atoms with van der Waals surface area (Å²) in [5, 5.41) is 2.58. The lowest BCUT2D eigenvalue weighted by Crippen LogP contribution is -2.47. The number of ether oxygens (including phenoxy) is 2. The number of alkyl halides is 3. The summed E-state index contributed by atoms with van der Waals surface area (Å²) >= 11 is 0. The van der Waals surface area contributed by atoms with Crippen LogP contribution in [0.3, 0.4) is 0 Å². The maximum absolute atomic E-state index is 13.0. The monoisotopic (exact) mass is 343 g/mol. The second-order valence-electron chi connectivity index (χ2n) is 6.29. The fraction of sp³-hybridized carbons (Fsp3) is 0.588. The van der Waals surface area contributed by atoms with Gasteiger partial charge >= 0.3 is 6.18 Å². The van der Waals surface area contributed by atoms with Crippen LogP contribution in [-0.4, -0.2) is 24.9 Å². The number of carbonyl (C=O) groups excluding carboxylic acids is 1. The van der Waals surface area contributed by atoms with Gasteiger partial charge in [0.2, 0.25) is 12.7 Å². The lowest BCUT2D eigenvalue weighted by Gasteiger charge is -2.33. The lowest BCUT2D eigenvalue weighted by molar-refractivity contribution is -0.189. The molecule has 1 aromatic carbocycles. The maximum atomic E-state index is 13.0. The Bertz CT molecular complexity index is 603. The fourth-order valence-electron chi connectivity index (χ4n) is 3.33. The Labute approximate surface area is 138 Å². The zero-order valence-corrected chi connectivity index (χ0v) is 13.2. The molecule has 0 aromatic heterocycles. The van der Waals surface area contributed by atoms with Gasteiger partial charge in [0.15, 0.2) is 11.5 Å². The number of fused-ring (bicyclic) bond motifs is 1. The molecule has 1 aliphatic carbocycles. The summed E-state index contributed by atoms with van der Waals surface area (Å²) in [7, 11) is 0. The van der Waals surface area contributed by atoms with Crippen LogP contribution in [0.2, 0.25) is 0 Å². The Kier molecular flexibility index (Phi) is 4.87. The van der Waals surface area contributed by atoms with E-state index < -0.39 is 18.1 Å².